The van der Waals surface area contributed by atoms with Crippen molar-refractivity contribution in [3.63, 3.8) is 0 Å². The Balaban J connectivity index is 1.64. The number of halogens is 2. The Hall–Kier alpha value is -3.68. The summed E-state index contributed by atoms with van der Waals surface area (Å²) in [5.41, 5.74) is 3.96. The lowest BCUT2D eigenvalue weighted by atomic mass is 9.96. The Kier molecular flexibility index (Phi) is 7.73. The number of benzene rings is 3. The molecule has 0 N–H and O–H groups in total. The summed E-state index contributed by atoms with van der Waals surface area (Å²) in [5, 5.41) is 5.64. The maximum atomic E-state index is 13.7. The molecule has 0 aliphatic heterocycles. The normalized spacial score (nSPS) is 11.7. The van der Waals surface area contributed by atoms with E-state index >= 15 is 0 Å². The van der Waals surface area contributed by atoms with Crippen molar-refractivity contribution in [1.29, 1.82) is 0 Å². The lowest BCUT2D eigenvalue weighted by molar-refractivity contribution is 0.335. The molecule has 3 aromatic carbocycles. The summed E-state index contributed by atoms with van der Waals surface area (Å²) in [5.74, 6) is 2.62. The molecule has 0 aliphatic rings. The van der Waals surface area contributed by atoms with Crippen molar-refractivity contribution in [2.24, 2.45) is 5.10 Å². The first-order valence-corrected chi connectivity index (χ1v) is 13.8. The fraction of sp³-hybridized carbons (Fsp3) is 0.194. The number of furan rings is 1. The Labute approximate surface area is 240 Å². The summed E-state index contributed by atoms with van der Waals surface area (Å²) in [4.78, 5) is 18.6. The molecule has 39 heavy (non-hydrogen) atoms. The van der Waals surface area contributed by atoms with E-state index in [0.29, 0.717) is 39.9 Å². The van der Waals surface area contributed by atoms with Gasteiger partial charge in [0.15, 0.2) is 5.82 Å². The summed E-state index contributed by atoms with van der Waals surface area (Å²) in [7, 11) is 0. The molecule has 0 bridgehead atoms. The first-order valence-electron chi connectivity index (χ1n) is 12.7. The molecule has 5 rings (SSSR count). The predicted octanol–water partition coefficient (Wildman–Crippen LogP) is 8.45. The SMILES string of the molecule is CCOc1cc(C)c(-c2nc3ccccc3c(=O)n2N=Cc2ccc(-c3ccc(Br)c(Cl)c3)o2)cc1C(C)C. The van der Waals surface area contributed by atoms with Gasteiger partial charge < -0.3 is 9.15 Å². The summed E-state index contributed by atoms with van der Waals surface area (Å²) in [6.45, 7) is 8.75. The highest BCUT2D eigenvalue weighted by Gasteiger charge is 2.18. The van der Waals surface area contributed by atoms with Crippen LogP contribution in [0.25, 0.3) is 33.6 Å². The van der Waals surface area contributed by atoms with Crippen LogP contribution in [-0.2, 0) is 0 Å². The molecular weight excluding hydrogens is 578 g/mol. The molecule has 0 unspecified atom stereocenters. The lowest BCUT2D eigenvalue weighted by Crippen LogP contribution is -2.20. The van der Waals surface area contributed by atoms with Crippen molar-refractivity contribution in [3.8, 4) is 28.5 Å². The zero-order valence-corrected chi connectivity index (χ0v) is 24.4. The van der Waals surface area contributed by atoms with Gasteiger partial charge in [-0.15, -0.1) is 0 Å². The van der Waals surface area contributed by atoms with Crippen LogP contribution in [0.2, 0.25) is 5.02 Å². The topological polar surface area (TPSA) is 69.6 Å². The maximum absolute atomic E-state index is 13.7. The van der Waals surface area contributed by atoms with Gasteiger partial charge in [-0.25, -0.2) is 4.98 Å². The number of ether oxygens (including phenoxy) is 1. The second kappa shape index (κ2) is 11.2. The fourth-order valence-electron chi connectivity index (χ4n) is 4.42. The first-order chi connectivity index (χ1) is 18.8. The Morgan fingerprint density at radius 2 is 1.92 bits per heavy atom. The van der Waals surface area contributed by atoms with E-state index in [9.17, 15) is 4.79 Å². The molecule has 0 saturated heterocycles. The molecule has 198 valence electrons. The third-order valence-electron chi connectivity index (χ3n) is 6.40. The van der Waals surface area contributed by atoms with Gasteiger partial charge in [0.2, 0.25) is 0 Å². The third-order valence-corrected chi connectivity index (χ3v) is 7.64. The summed E-state index contributed by atoms with van der Waals surface area (Å²) < 4.78 is 14.1. The van der Waals surface area contributed by atoms with Crippen molar-refractivity contribution in [2.75, 3.05) is 6.61 Å². The second-order valence-corrected chi connectivity index (χ2v) is 10.7. The van der Waals surface area contributed by atoms with E-state index in [0.717, 1.165) is 32.5 Å². The van der Waals surface area contributed by atoms with E-state index in [1.54, 1.807) is 12.1 Å². The van der Waals surface area contributed by atoms with Crippen LogP contribution < -0.4 is 10.3 Å². The molecular formula is C31H27BrClN3O3. The minimum Gasteiger partial charge on any atom is -0.494 e. The van der Waals surface area contributed by atoms with Crippen LogP contribution in [0.15, 0.2) is 85.5 Å². The molecule has 2 aromatic heterocycles. The average molecular weight is 605 g/mol. The van der Waals surface area contributed by atoms with E-state index in [2.05, 4.69) is 40.9 Å². The van der Waals surface area contributed by atoms with E-state index in [1.807, 2.05) is 62.4 Å². The maximum Gasteiger partial charge on any atom is 0.282 e. The molecule has 5 aromatic rings. The monoisotopic (exact) mass is 603 g/mol. The van der Waals surface area contributed by atoms with Gasteiger partial charge in [0.05, 0.1) is 28.7 Å². The van der Waals surface area contributed by atoms with Crippen LogP contribution >= 0.6 is 27.5 Å². The Bertz CT molecular complexity index is 1770. The van der Waals surface area contributed by atoms with E-state index in [-0.39, 0.29) is 11.5 Å². The molecule has 2 heterocycles. The molecule has 0 aliphatic carbocycles. The predicted molar refractivity (Wildman–Crippen MR) is 161 cm³/mol. The van der Waals surface area contributed by atoms with E-state index in [4.69, 9.17) is 25.7 Å². The zero-order valence-electron chi connectivity index (χ0n) is 22.0. The van der Waals surface area contributed by atoms with Crippen molar-refractivity contribution in [1.82, 2.24) is 9.66 Å². The average Bonchev–Trinajstić information content (AvgIpc) is 3.39. The van der Waals surface area contributed by atoms with E-state index < -0.39 is 0 Å². The molecule has 0 amide bonds. The van der Waals surface area contributed by atoms with Crippen LogP contribution in [0.5, 0.6) is 5.75 Å². The van der Waals surface area contributed by atoms with Crippen LogP contribution in [0.1, 0.15) is 43.6 Å². The van der Waals surface area contributed by atoms with Gasteiger partial charge in [-0.3, -0.25) is 4.79 Å². The van der Waals surface area contributed by atoms with Gasteiger partial charge in [-0.05, 0) is 95.4 Å². The largest absolute Gasteiger partial charge is 0.494 e. The van der Waals surface area contributed by atoms with Crippen molar-refractivity contribution >= 4 is 44.6 Å². The van der Waals surface area contributed by atoms with Gasteiger partial charge in [0.25, 0.3) is 5.56 Å². The number of fused-ring (bicyclic) bond motifs is 1. The zero-order chi connectivity index (χ0) is 27.7. The Morgan fingerprint density at radius 3 is 2.67 bits per heavy atom. The van der Waals surface area contributed by atoms with Gasteiger partial charge in [-0.2, -0.15) is 9.78 Å². The fourth-order valence-corrected chi connectivity index (χ4v) is 4.84. The minimum atomic E-state index is -0.266. The highest BCUT2D eigenvalue weighted by Crippen LogP contribution is 2.34. The molecule has 8 heteroatoms. The summed E-state index contributed by atoms with van der Waals surface area (Å²) in [6, 6.07) is 20.6. The molecule has 0 fully saturated rings. The number of aromatic nitrogens is 2. The van der Waals surface area contributed by atoms with E-state index in [1.165, 1.54) is 10.9 Å². The minimum absolute atomic E-state index is 0.212. The molecule has 0 atom stereocenters. The molecule has 0 saturated carbocycles. The smallest absolute Gasteiger partial charge is 0.282 e. The van der Waals surface area contributed by atoms with Gasteiger partial charge in [0.1, 0.15) is 17.3 Å². The Morgan fingerprint density at radius 1 is 1.13 bits per heavy atom. The number of hydrogen-bond donors (Lipinski definition) is 0. The van der Waals surface area contributed by atoms with Crippen molar-refractivity contribution in [2.45, 2.75) is 33.6 Å². The van der Waals surface area contributed by atoms with Crippen LogP contribution in [0, 0.1) is 6.92 Å². The second-order valence-electron chi connectivity index (χ2n) is 9.44. The molecule has 0 radical (unpaired) electrons. The summed E-state index contributed by atoms with van der Waals surface area (Å²) >= 11 is 9.66. The number of aryl methyl sites for hydroxylation is 1. The highest BCUT2D eigenvalue weighted by molar-refractivity contribution is 9.10. The van der Waals surface area contributed by atoms with Crippen LogP contribution in [0.4, 0.5) is 0 Å². The van der Waals surface area contributed by atoms with Gasteiger partial charge in [0, 0.05) is 15.6 Å². The third kappa shape index (κ3) is 5.42. The lowest BCUT2D eigenvalue weighted by Gasteiger charge is -2.18. The number of hydrogen-bond acceptors (Lipinski definition) is 5. The summed E-state index contributed by atoms with van der Waals surface area (Å²) in [6.07, 6.45) is 1.53. The van der Waals surface area contributed by atoms with Gasteiger partial charge >= 0.3 is 0 Å². The number of nitrogens with zero attached hydrogens (tertiary/aromatic N) is 3. The van der Waals surface area contributed by atoms with Crippen LogP contribution in [0.3, 0.4) is 0 Å². The highest BCUT2D eigenvalue weighted by atomic mass is 79.9. The quantitative estimate of drug-likeness (QED) is 0.175. The standard InChI is InChI=1S/C31H27BrClN3O3/c1-5-38-29-14-19(4)24(16-23(29)18(2)3)30-35-27-9-7-6-8-22(27)31(37)36(30)34-17-21-11-13-28(39-21)20-10-12-25(32)26(33)15-20/h6-18H,5H2,1-4H3. The number of para-hydroxylation sites is 1. The van der Waals surface area contributed by atoms with Crippen molar-refractivity contribution < 1.29 is 9.15 Å². The van der Waals surface area contributed by atoms with Crippen LogP contribution in [-0.4, -0.2) is 22.5 Å². The van der Waals surface area contributed by atoms with Crippen molar-refractivity contribution in [3.05, 3.63) is 103 Å². The number of rotatable bonds is 7. The van der Waals surface area contributed by atoms with Gasteiger partial charge in [-0.1, -0.05) is 43.6 Å². The molecule has 6 nitrogen and oxygen atoms in total. The first kappa shape index (κ1) is 26.9. The molecule has 0 spiro atoms.